The Kier molecular flexibility index (Phi) is 11.5. The van der Waals surface area contributed by atoms with Gasteiger partial charge in [0.15, 0.2) is 0 Å². The molecule has 61 heavy (non-hydrogen) atoms. The summed E-state index contributed by atoms with van der Waals surface area (Å²) in [6.45, 7) is 0.966. The van der Waals surface area contributed by atoms with Crippen LogP contribution in [0.5, 0.6) is 0 Å². The van der Waals surface area contributed by atoms with Gasteiger partial charge < -0.3 is 30.2 Å². The summed E-state index contributed by atoms with van der Waals surface area (Å²) in [5.41, 5.74) is 5.47. The van der Waals surface area contributed by atoms with Gasteiger partial charge in [0.1, 0.15) is 23.7 Å². The minimum Gasteiger partial charge on any atom is -0.465 e. The first-order valence-corrected chi connectivity index (χ1v) is 20.2. The number of hydrogen-bond acceptors (Lipinski definition) is 6. The molecule has 1 unspecified atom stereocenters. The zero-order chi connectivity index (χ0) is 42.8. The van der Waals surface area contributed by atoms with Crippen molar-refractivity contribution < 1.29 is 32.7 Å². The number of nitrogens with one attached hydrogen (secondary N) is 3. The van der Waals surface area contributed by atoms with Gasteiger partial charge >= 0.3 is 12.3 Å². The second kappa shape index (κ2) is 17.1. The minimum absolute atomic E-state index is 0.273. The van der Waals surface area contributed by atoms with Crippen LogP contribution >= 0.6 is 0 Å². The molecule has 0 saturated carbocycles. The van der Waals surface area contributed by atoms with Crippen molar-refractivity contribution in [2.45, 2.75) is 56.0 Å². The van der Waals surface area contributed by atoms with Crippen molar-refractivity contribution >= 4 is 17.9 Å². The first kappa shape index (κ1) is 41.0. The molecule has 6 aromatic rings. The quantitative estimate of drug-likeness (QED) is 0.102. The van der Waals surface area contributed by atoms with Crippen LogP contribution < -0.4 is 5.32 Å². The predicted octanol–water partition coefficient (Wildman–Crippen LogP) is 8.79. The number of benzene rings is 4. The van der Waals surface area contributed by atoms with Crippen LogP contribution in [0.1, 0.15) is 78.2 Å². The number of aromatic nitrogens is 4. The van der Waals surface area contributed by atoms with Gasteiger partial charge in [0.05, 0.1) is 41.4 Å². The van der Waals surface area contributed by atoms with Gasteiger partial charge in [-0.25, -0.2) is 14.8 Å². The van der Waals surface area contributed by atoms with Gasteiger partial charge in [0.2, 0.25) is 5.91 Å². The minimum atomic E-state index is -4.52. The number of H-pyrrole nitrogens is 2. The number of hydrogen-bond donors (Lipinski definition) is 4. The molecule has 8 rings (SSSR count). The van der Waals surface area contributed by atoms with Crippen LogP contribution in [0.3, 0.4) is 0 Å². The molecule has 2 aromatic heterocycles. The number of carboxylic acid groups (broad SMARTS) is 1. The van der Waals surface area contributed by atoms with E-state index in [2.05, 4.69) is 25.3 Å². The zero-order valence-corrected chi connectivity index (χ0v) is 33.6. The molecule has 2 aliphatic heterocycles. The fourth-order valence-corrected chi connectivity index (χ4v) is 8.55. The first-order chi connectivity index (χ1) is 29.4. The smallest absolute Gasteiger partial charge is 0.416 e. The zero-order valence-electron chi connectivity index (χ0n) is 33.6. The van der Waals surface area contributed by atoms with Gasteiger partial charge in [-0.3, -0.25) is 14.5 Å². The highest BCUT2D eigenvalue weighted by molar-refractivity contribution is 5.87. The number of alkyl halides is 3. The Hall–Kier alpha value is -6.74. The second-order valence-electron chi connectivity index (χ2n) is 15.7. The lowest BCUT2D eigenvalue weighted by Crippen LogP contribution is -2.42. The lowest BCUT2D eigenvalue weighted by atomic mass is 10.0. The Bertz CT molecular complexity index is 2500. The van der Waals surface area contributed by atoms with E-state index in [9.17, 15) is 32.7 Å². The number of likely N-dealkylation sites (tertiary alicyclic amines) is 2. The molecule has 15 heteroatoms. The molecule has 12 nitrogen and oxygen atoms in total. The summed E-state index contributed by atoms with van der Waals surface area (Å²) in [5.74, 6) is 0.677. The predicted molar refractivity (Wildman–Crippen MR) is 223 cm³/mol. The van der Waals surface area contributed by atoms with Gasteiger partial charge in [0, 0.05) is 13.1 Å². The van der Waals surface area contributed by atoms with E-state index in [1.54, 1.807) is 71.5 Å². The third-order valence-corrected chi connectivity index (χ3v) is 11.5. The standard InChI is InChI=1S/C46H45F3N8O4/c1-55(2)40(33-11-6-12-34(25-33)46(47,48)49)44(59)57-24-8-14-38(57)42-51-27-36(53-42)31-21-17-29(18-22-31)28-15-19-30(20-16-28)35-26-50-41(52-35)37-13-7-23-56(37)43(58)39(54-45(60)61)32-9-4-3-5-10-32/h3-6,9-12,15-22,25-27,37-40,54H,7-8,13-14,23-24H2,1-2H3,(H,50,52)(H,51,53)(H,60,61)/t37-,38-,39+,40?/m0/s1. The molecule has 4 aromatic carbocycles. The molecule has 0 spiro atoms. The van der Waals surface area contributed by atoms with E-state index in [4.69, 9.17) is 0 Å². The van der Waals surface area contributed by atoms with E-state index in [1.165, 1.54) is 6.07 Å². The maximum absolute atomic E-state index is 14.0. The van der Waals surface area contributed by atoms with Crippen LogP contribution in [0.2, 0.25) is 0 Å². The topological polar surface area (TPSA) is 151 Å². The maximum atomic E-state index is 14.0. The van der Waals surface area contributed by atoms with Crippen molar-refractivity contribution in [3.8, 4) is 33.6 Å². The molecule has 2 saturated heterocycles. The van der Waals surface area contributed by atoms with Crippen molar-refractivity contribution in [2.24, 2.45) is 0 Å². The van der Waals surface area contributed by atoms with Gasteiger partial charge in [-0.1, -0.05) is 91.0 Å². The third-order valence-electron chi connectivity index (χ3n) is 11.5. The number of aromatic amines is 2. The summed E-state index contributed by atoms with van der Waals surface area (Å²) in [6, 6.07) is 27.3. The lowest BCUT2D eigenvalue weighted by Gasteiger charge is -2.31. The molecule has 2 fully saturated rings. The largest absolute Gasteiger partial charge is 0.465 e. The SMILES string of the molecule is CN(C)C(C(=O)N1CCC[C@H]1c1ncc(-c2ccc(-c3ccc(-c4cnc([C@@H]5CCCN5C(=O)[C@H](NC(=O)O)c5ccccc5)[nH]4)cc3)cc2)[nH]1)c1cccc(C(F)(F)F)c1. The summed E-state index contributed by atoms with van der Waals surface area (Å²) >= 11 is 0. The maximum Gasteiger partial charge on any atom is 0.416 e. The van der Waals surface area contributed by atoms with Crippen LogP contribution in [0, 0.1) is 0 Å². The van der Waals surface area contributed by atoms with E-state index in [0.717, 1.165) is 58.6 Å². The van der Waals surface area contributed by atoms with E-state index >= 15 is 0 Å². The van der Waals surface area contributed by atoms with Crippen LogP contribution in [-0.2, 0) is 15.8 Å². The molecule has 4 heterocycles. The Morgan fingerprint density at radius 2 is 1.20 bits per heavy atom. The number of rotatable bonds is 11. The average molecular weight is 831 g/mol. The Morgan fingerprint density at radius 1 is 0.705 bits per heavy atom. The van der Waals surface area contributed by atoms with Gasteiger partial charge in [-0.2, -0.15) is 13.2 Å². The van der Waals surface area contributed by atoms with Crippen LogP contribution in [0.4, 0.5) is 18.0 Å². The van der Waals surface area contributed by atoms with E-state index in [1.807, 2.05) is 54.6 Å². The molecular weight excluding hydrogens is 786 g/mol. The molecule has 0 bridgehead atoms. The molecule has 4 atom stereocenters. The Labute approximate surface area is 350 Å². The van der Waals surface area contributed by atoms with E-state index < -0.39 is 29.9 Å². The number of carbonyl (C=O) groups excluding carboxylic acids is 2. The Balaban J connectivity index is 0.930. The summed E-state index contributed by atoms with van der Waals surface area (Å²) in [7, 11) is 3.38. The highest BCUT2D eigenvalue weighted by Crippen LogP contribution is 2.38. The number of imidazole rings is 2. The van der Waals surface area contributed by atoms with Crippen LogP contribution in [0.25, 0.3) is 33.6 Å². The summed E-state index contributed by atoms with van der Waals surface area (Å²) < 4.78 is 40.6. The normalized spacial score (nSPS) is 17.7. The second-order valence-corrected chi connectivity index (χ2v) is 15.7. The van der Waals surface area contributed by atoms with Crippen molar-refractivity contribution in [1.82, 2.24) is 40.0 Å². The number of amides is 3. The molecule has 0 radical (unpaired) electrons. The third kappa shape index (κ3) is 8.64. The number of halogens is 3. The summed E-state index contributed by atoms with van der Waals surface area (Å²) in [5, 5.41) is 11.9. The highest BCUT2D eigenvalue weighted by atomic mass is 19.4. The molecule has 2 aliphatic rings. The fraction of sp³-hybridized carbons (Fsp3) is 0.283. The van der Waals surface area contributed by atoms with Crippen molar-refractivity contribution in [3.63, 3.8) is 0 Å². The van der Waals surface area contributed by atoms with Crippen molar-refractivity contribution in [3.05, 3.63) is 144 Å². The monoisotopic (exact) mass is 830 g/mol. The summed E-state index contributed by atoms with van der Waals surface area (Å²) in [6.07, 6.45) is 0.588. The molecule has 4 N–H and O–H groups in total. The number of carbonyl (C=O) groups is 3. The molecule has 3 amide bonds. The average Bonchev–Trinajstić information content (AvgIpc) is 4.10. The fourth-order valence-electron chi connectivity index (χ4n) is 8.55. The van der Waals surface area contributed by atoms with Crippen LogP contribution in [0.15, 0.2) is 116 Å². The Morgan fingerprint density at radius 3 is 1.69 bits per heavy atom. The lowest BCUT2D eigenvalue weighted by molar-refractivity contribution is -0.139. The molecule has 0 aliphatic carbocycles. The van der Waals surface area contributed by atoms with Crippen LogP contribution in [-0.4, -0.2) is 84.8 Å². The summed E-state index contributed by atoms with van der Waals surface area (Å²) in [4.78, 5) is 60.5. The molecule has 314 valence electrons. The highest BCUT2D eigenvalue weighted by Gasteiger charge is 2.39. The van der Waals surface area contributed by atoms with Gasteiger partial charge in [-0.05, 0) is 85.3 Å². The number of likely N-dealkylation sites (N-methyl/N-ethyl adjacent to an activating group) is 1. The molecular formula is C46H45F3N8O4. The van der Waals surface area contributed by atoms with E-state index in [0.29, 0.717) is 43.1 Å². The van der Waals surface area contributed by atoms with Crippen molar-refractivity contribution in [1.29, 1.82) is 0 Å². The van der Waals surface area contributed by atoms with Gasteiger partial charge in [-0.15, -0.1) is 0 Å². The first-order valence-electron chi connectivity index (χ1n) is 20.2. The van der Waals surface area contributed by atoms with Crippen molar-refractivity contribution in [2.75, 3.05) is 27.2 Å². The van der Waals surface area contributed by atoms with Gasteiger partial charge in [0.25, 0.3) is 5.91 Å². The number of nitrogens with zero attached hydrogens (tertiary/aromatic N) is 5. The van der Waals surface area contributed by atoms with E-state index in [-0.39, 0.29) is 29.5 Å².